The van der Waals surface area contributed by atoms with Crippen molar-refractivity contribution in [3.63, 3.8) is 0 Å². The normalized spacial score (nSPS) is 18.4. The summed E-state index contributed by atoms with van der Waals surface area (Å²) < 4.78 is 0. The first kappa shape index (κ1) is 11.6. The third-order valence-corrected chi connectivity index (χ3v) is 2.60. The molecule has 0 aliphatic carbocycles. The molecule has 2 heteroatoms. The number of rotatable bonds is 5. The minimum Gasteiger partial charge on any atom is -0.392 e. The van der Waals surface area contributed by atoms with Crippen LogP contribution in [0.2, 0.25) is 0 Å². The number of carbonyl (C=O) groups excluding carboxylic acids is 1. The molecular formula is C10H20O2. The fourth-order valence-corrected chi connectivity index (χ4v) is 1.25. The first-order valence-electron chi connectivity index (χ1n) is 4.75. The van der Waals surface area contributed by atoms with Crippen LogP contribution >= 0.6 is 0 Å². The smallest absolute Gasteiger partial charge is 0.138 e. The van der Waals surface area contributed by atoms with E-state index in [1.54, 1.807) is 0 Å². The summed E-state index contributed by atoms with van der Waals surface area (Å²) in [4.78, 5) is 11.2. The number of Topliss-reactive ketones (excluding diaryl/α,β-unsaturated/α-hetero) is 1. The van der Waals surface area contributed by atoms with Gasteiger partial charge in [0.25, 0.3) is 0 Å². The lowest BCUT2D eigenvalue weighted by Crippen LogP contribution is -2.30. The number of hydrogen-bond donors (Lipinski definition) is 1. The minimum absolute atomic E-state index is 0.155. The molecule has 0 aliphatic rings. The van der Waals surface area contributed by atoms with Gasteiger partial charge in [-0.1, -0.05) is 34.1 Å². The number of aliphatic hydroxyl groups is 1. The second kappa shape index (κ2) is 5.31. The zero-order valence-corrected chi connectivity index (χ0v) is 8.50. The minimum atomic E-state index is -0.470. The van der Waals surface area contributed by atoms with Crippen LogP contribution in [0.25, 0.3) is 0 Å². The van der Waals surface area contributed by atoms with Gasteiger partial charge < -0.3 is 5.11 Å². The van der Waals surface area contributed by atoms with Crippen LogP contribution in [0.4, 0.5) is 0 Å². The molecule has 0 saturated heterocycles. The van der Waals surface area contributed by atoms with Gasteiger partial charge in [-0.2, -0.15) is 0 Å². The van der Waals surface area contributed by atoms with E-state index in [4.69, 9.17) is 0 Å². The molecular weight excluding hydrogens is 152 g/mol. The van der Waals surface area contributed by atoms with Gasteiger partial charge in [0.15, 0.2) is 0 Å². The van der Waals surface area contributed by atoms with Gasteiger partial charge in [0, 0.05) is 12.3 Å². The molecule has 0 spiro atoms. The number of aliphatic hydroxyl groups excluding tert-OH is 1. The molecule has 0 amide bonds. The lowest BCUT2D eigenvalue weighted by atomic mass is 9.88. The Bertz CT molecular complexity index is 143. The maximum absolute atomic E-state index is 11.2. The van der Waals surface area contributed by atoms with Crippen LogP contribution in [0.5, 0.6) is 0 Å². The molecule has 0 heterocycles. The van der Waals surface area contributed by atoms with Crippen molar-refractivity contribution >= 4 is 5.78 Å². The van der Waals surface area contributed by atoms with Crippen molar-refractivity contribution in [3.05, 3.63) is 0 Å². The van der Waals surface area contributed by atoms with E-state index in [-0.39, 0.29) is 17.6 Å². The fraction of sp³-hybridized carbons (Fsp3) is 0.900. The Kier molecular flexibility index (Phi) is 5.14. The Morgan fingerprint density at radius 3 is 2.17 bits per heavy atom. The van der Waals surface area contributed by atoms with Crippen molar-refractivity contribution in [1.29, 1.82) is 0 Å². The molecule has 0 aromatic rings. The highest BCUT2D eigenvalue weighted by molar-refractivity contribution is 5.80. The summed E-state index contributed by atoms with van der Waals surface area (Å²) >= 11 is 0. The Morgan fingerprint density at radius 2 is 1.83 bits per heavy atom. The highest BCUT2D eigenvalue weighted by Crippen LogP contribution is 2.17. The number of ketones is 1. The number of hydrogen-bond acceptors (Lipinski definition) is 2. The van der Waals surface area contributed by atoms with E-state index in [1.165, 1.54) is 0 Å². The van der Waals surface area contributed by atoms with E-state index in [0.29, 0.717) is 6.42 Å². The van der Waals surface area contributed by atoms with Gasteiger partial charge in [0.05, 0.1) is 6.10 Å². The van der Waals surface area contributed by atoms with Gasteiger partial charge in [-0.05, 0) is 5.92 Å². The van der Waals surface area contributed by atoms with Gasteiger partial charge in [-0.3, -0.25) is 4.79 Å². The zero-order chi connectivity index (χ0) is 9.72. The van der Waals surface area contributed by atoms with Gasteiger partial charge in [0.1, 0.15) is 5.78 Å². The molecule has 0 bridgehead atoms. The third-order valence-electron chi connectivity index (χ3n) is 2.60. The van der Waals surface area contributed by atoms with Gasteiger partial charge in [0.2, 0.25) is 0 Å². The molecule has 72 valence electrons. The van der Waals surface area contributed by atoms with Crippen molar-refractivity contribution in [2.24, 2.45) is 11.8 Å². The lowest BCUT2D eigenvalue weighted by molar-refractivity contribution is -0.126. The fourth-order valence-electron chi connectivity index (χ4n) is 1.25. The summed E-state index contributed by atoms with van der Waals surface area (Å²) in [7, 11) is 0. The van der Waals surface area contributed by atoms with E-state index in [1.807, 2.05) is 27.7 Å². The van der Waals surface area contributed by atoms with Crippen LogP contribution in [0.1, 0.15) is 40.5 Å². The molecule has 0 saturated carbocycles. The average Bonchev–Trinajstić information content (AvgIpc) is 2.12. The maximum Gasteiger partial charge on any atom is 0.138 e. The Morgan fingerprint density at radius 1 is 1.33 bits per heavy atom. The summed E-state index contributed by atoms with van der Waals surface area (Å²) in [6.07, 6.45) is 0.972. The van der Waals surface area contributed by atoms with Crippen LogP contribution in [0.3, 0.4) is 0 Å². The molecule has 0 rings (SSSR count). The van der Waals surface area contributed by atoms with E-state index in [9.17, 15) is 9.90 Å². The number of carbonyl (C=O) groups is 1. The van der Waals surface area contributed by atoms with Crippen LogP contribution in [0, 0.1) is 11.8 Å². The Balaban J connectivity index is 4.08. The quantitative estimate of drug-likeness (QED) is 0.688. The molecule has 0 fully saturated rings. The van der Waals surface area contributed by atoms with Gasteiger partial charge in [-0.25, -0.2) is 0 Å². The molecule has 0 aromatic heterocycles. The van der Waals surface area contributed by atoms with Gasteiger partial charge in [-0.15, -0.1) is 0 Å². The van der Waals surface area contributed by atoms with Crippen LogP contribution in [-0.2, 0) is 4.79 Å². The average molecular weight is 172 g/mol. The van der Waals surface area contributed by atoms with E-state index in [0.717, 1.165) is 6.42 Å². The summed E-state index contributed by atoms with van der Waals surface area (Å²) in [5, 5.41) is 9.67. The van der Waals surface area contributed by atoms with E-state index in [2.05, 4.69) is 0 Å². The van der Waals surface area contributed by atoms with Crippen LogP contribution in [-0.4, -0.2) is 17.0 Å². The molecule has 0 unspecified atom stereocenters. The second-order valence-electron chi connectivity index (χ2n) is 3.48. The second-order valence-corrected chi connectivity index (χ2v) is 3.48. The maximum atomic E-state index is 11.2. The molecule has 0 aliphatic heterocycles. The summed E-state index contributed by atoms with van der Waals surface area (Å²) in [5.74, 6) is 0.170. The summed E-state index contributed by atoms with van der Waals surface area (Å²) in [6, 6.07) is 0. The SMILES string of the molecule is CCC(=O)[C@@H](C)[C@H](O)[C@H](C)CC. The summed E-state index contributed by atoms with van der Waals surface area (Å²) in [6.45, 7) is 7.64. The molecule has 0 radical (unpaired) electrons. The highest BCUT2D eigenvalue weighted by atomic mass is 16.3. The Hall–Kier alpha value is -0.370. The predicted octanol–water partition coefficient (Wildman–Crippen LogP) is 2.01. The van der Waals surface area contributed by atoms with Crippen LogP contribution in [0.15, 0.2) is 0 Å². The van der Waals surface area contributed by atoms with Crippen molar-refractivity contribution < 1.29 is 9.90 Å². The molecule has 0 aromatic carbocycles. The lowest BCUT2D eigenvalue weighted by Gasteiger charge is -2.22. The molecule has 12 heavy (non-hydrogen) atoms. The highest BCUT2D eigenvalue weighted by Gasteiger charge is 2.24. The first-order valence-corrected chi connectivity index (χ1v) is 4.75. The Labute approximate surface area is 75.0 Å². The van der Waals surface area contributed by atoms with Crippen molar-refractivity contribution in [1.82, 2.24) is 0 Å². The topological polar surface area (TPSA) is 37.3 Å². The van der Waals surface area contributed by atoms with Crippen LogP contribution < -0.4 is 0 Å². The van der Waals surface area contributed by atoms with E-state index < -0.39 is 6.10 Å². The monoisotopic (exact) mass is 172 g/mol. The first-order chi connectivity index (χ1) is 5.54. The van der Waals surface area contributed by atoms with E-state index >= 15 is 0 Å². The molecule has 2 nitrogen and oxygen atoms in total. The van der Waals surface area contributed by atoms with Crippen molar-refractivity contribution in [3.8, 4) is 0 Å². The predicted molar refractivity (Wildman–Crippen MR) is 49.9 cm³/mol. The molecule has 3 atom stereocenters. The zero-order valence-electron chi connectivity index (χ0n) is 8.50. The van der Waals surface area contributed by atoms with Crippen molar-refractivity contribution in [2.75, 3.05) is 0 Å². The van der Waals surface area contributed by atoms with Crippen molar-refractivity contribution in [2.45, 2.75) is 46.6 Å². The third kappa shape index (κ3) is 2.94. The largest absolute Gasteiger partial charge is 0.392 e. The standard InChI is InChI=1S/C10H20O2/c1-5-7(3)10(12)8(4)9(11)6-2/h7-8,10,12H,5-6H2,1-4H3/t7-,8-,10-/m1/s1. The molecule has 1 N–H and O–H groups in total. The summed E-state index contributed by atoms with van der Waals surface area (Å²) in [5.41, 5.74) is 0. The van der Waals surface area contributed by atoms with Gasteiger partial charge >= 0.3 is 0 Å².